The molecule has 2 nitrogen and oxygen atoms in total. The summed E-state index contributed by atoms with van der Waals surface area (Å²) in [5, 5.41) is 21.6. The lowest BCUT2D eigenvalue weighted by atomic mass is 9.43. The first-order valence-corrected chi connectivity index (χ1v) is 13.9. The van der Waals surface area contributed by atoms with E-state index in [0.29, 0.717) is 16.7 Å². The van der Waals surface area contributed by atoms with Crippen molar-refractivity contribution in [3.8, 4) is 0 Å². The molecule has 178 valence electrons. The number of fused-ring (bicyclic) bond motifs is 5. The predicted octanol–water partition coefficient (Wildman–Crippen LogP) is 6.97. The molecule has 3 unspecified atom stereocenters. The molecule has 0 aromatic carbocycles. The largest absolute Gasteiger partial charge is 0.390 e. The molecule has 0 amide bonds. The second-order valence-electron chi connectivity index (χ2n) is 14.2. The highest BCUT2D eigenvalue weighted by molar-refractivity contribution is 5.10. The van der Waals surface area contributed by atoms with E-state index in [2.05, 4.69) is 34.6 Å². The van der Waals surface area contributed by atoms with Crippen LogP contribution >= 0.6 is 0 Å². The molecule has 0 bridgehead atoms. The minimum atomic E-state index is -0.421. The normalized spacial score (nSPS) is 52.5. The Hall–Kier alpha value is -0.0800. The molecule has 2 N–H and O–H groups in total. The molecule has 0 spiro atoms. The summed E-state index contributed by atoms with van der Waals surface area (Å²) in [6.45, 7) is 12.0. The summed E-state index contributed by atoms with van der Waals surface area (Å²) in [4.78, 5) is 0. The molecule has 10 atom stereocenters. The van der Waals surface area contributed by atoms with Crippen molar-refractivity contribution >= 4 is 0 Å². The van der Waals surface area contributed by atoms with Crippen molar-refractivity contribution in [3.63, 3.8) is 0 Å². The summed E-state index contributed by atoms with van der Waals surface area (Å²) >= 11 is 0. The van der Waals surface area contributed by atoms with E-state index in [-0.39, 0.29) is 0 Å². The van der Waals surface area contributed by atoms with Gasteiger partial charge in [-0.25, -0.2) is 0 Å². The van der Waals surface area contributed by atoms with Crippen LogP contribution < -0.4 is 0 Å². The van der Waals surface area contributed by atoms with Crippen LogP contribution in [0.1, 0.15) is 118 Å². The molecule has 5 aliphatic carbocycles. The minimum Gasteiger partial charge on any atom is -0.390 e. The van der Waals surface area contributed by atoms with Gasteiger partial charge in [-0.05, 0) is 150 Å². The van der Waals surface area contributed by atoms with E-state index in [1.807, 2.05) is 0 Å². The van der Waals surface area contributed by atoms with Gasteiger partial charge in [0.15, 0.2) is 0 Å². The number of hydrogen-bond acceptors (Lipinski definition) is 2. The van der Waals surface area contributed by atoms with E-state index in [4.69, 9.17) is 0 Å². The fraction of sp³-hybridized carbons (Fsp3) is 1.00. The van der Waals surface area contributed by atoms with Crippen molar-refractivity contribution in [2.24, 2.45) is 52.3 Å². The van der Waals surface area contributed by atoms with E-state index >= 15 is 0 Å². The summed E-state index contributed by atoms with van der Waals surface area (Å²) < 4.78 is 0. The molecule has 0 aliphatic heterocycles. The third-order valence-electron chi connectivity index (χ3n) is 12.3. The summed E-state index contributed by atoms with van der Waals surface area (Å²) in [6.07, 6.45) is 16.5. The highest BCUT2D eigenvalue weighted by Gasteiger charge is 2.61. The molecule has 5 saturated carbocycles. The summed E-state index contributed by atoms with van der Waals surface area (Å²) in [5.74, 6) is 5.65. The van der Waals surface area contributed by atoms with Crippen LogP contribution in [0.2, 0.25) is 0 Å². The Kier molecular flexibility index (Phi) is 5.46. The van der Waals surface area contributed by atoms with Crippen molar-refractivity contribution in [1.29, 1.82) is 0 Å². The monoisotopic (exact) mass is 430 g/mol. The van der Waals surface area contributed by atoms with Crippen molar-refractivity contribution in [2.45, 2.75) is 129 Å². The Balaban J connectivity index is 1.28. The van der Waals surface area contributed by atoms with Crippen LogP contribution in [0.25, 0.3) is 0 Å². The first kappa shape index (κ1) is 22.7. The van der Waals surface area contributed by atoms with Gasteiger partial charge in [-0.3, -0.25) is 0 Å². The first-order chi connectivity index (χ1) is 14.5. The average Bonchev–Trinajstić information content (AvgIpc) is 3.49. The average molecular weight is 431 g/mol. The van der Waals surface area contributed by atoms with Gasteiger partial charge in [-0.15, -0.1) is 0 Å². The number of hydrogen-bond donors (Lipinski definition) is 2. The van der Waals surface area contributed by atoms with E-state index in [1.54, 1.807) is 0 Å². The molecule has 31 heavy (non-hydrogen) atoms. The fourth-order valence-electron chi connectivity index (χ4n) is 10.0. The fourth-order valence-corrected chi connectivity index (χ4v) is 10.0. The predicted molar refractivity (Wildman–Crippen MR) is 128 cm³/mol. The smallest absolute Gasteiger partial charge is 0.0647 e. The maximum Gasteiger partial charge on any atom is 0.0647 e. The second kappa shape index (κ2) is 7.46. The zero-order valence-electron chi connectivity index (χ0n) is 21.1. The lowest BCUT2D eigenvalue weighted by Gasteiger charge is -2.62. The zero-order chi connectivity index (χ0) is 22.2. The molecule has 5 aliphatic rings. The Morgan fingerprint density at radius 1 is 0.871 bits per heavy atom. The van der Waals surface area contributed by atoms with Crippen molar-refractivity contribution in [1.82, 2.24) is 0 Å². The summed E-state index contributed by atoms with van der Waals surface area (Å²) in [7, 11) is 0. The van der Waals surface area contributed by atoms with Crippen LogP contribution in [0.3, 0.4) is 0 Å². The third kappa shape index (κ3) is 3.74. The van der Waals surface area contributed by atoms with Crippen molar-refractivity contribution in [3.05, 3.63) is 0 Å². The van der Waals surface area contributed by atoms with Gasteiger partial charge in [0.1, 0.15) is 0 Å². The van der Waals surface area contributed by atoms with Crippen LogP contribution in [-0.4, -0.2) is 21.4 Å². The lowest BCUT2D eigenvalue weighted by molar-refractivity contribution is -0.148. The molecule has 0 aromatic heterocycles. The molecule has 0 saturated heterocycles. The van der Waals surface area contributed by atoms with Crippen LogP contribution in [0, 0.1) is 52.3 Å². The SMILES string of the molecule is C[C@H](CC[C@](C)(O)C1CC1)[C@H]1CCC2[C@@H]3CCC4C[C@@](C)(O)CC[C@]4(C)C3CC[C@@]21C. The topological polar surface area (TPSA) is 40.5 Å². The Labute approximate surface area is 192 Å². The third-order valence-corrected chi connectivity index (χ3v) is 12.3. The molecule has 0 radical (unpaired) electrons. The molecule has 2 heteroatoms. The Bertz CT molecular complexity index is 678. The van der Waals surface area contributed by atoms with E-state index < -0.39 is 11.2 Å². The quantitative estimate of drug-likeness (QED) is 0.494. The Morgan fingerprint density at radius 2 is 1.58 bits per heavy atom. The highest BCUT2D eigenvalue weighted by atomic mass is 16.3. The van der Waals surface area contributed by atoms with Crippen LogP contribution in [0.15, 0.2) is 0 Å². The van der Waals surface area contributed by atoms with Crippen LogP contribution in [0.5, 0.6) is 0 Å². The maximum absolute atomic E-state index is 10.9. The first-order valence-electron chi connectivity index (χ1n) is 13.9. The van der Waals surface area contributed by atoms with Crippen molar-refractivity contribution < 1.29 is 10.2 Å². The highest BCUT2D eigenvalue weighted by Crippen LogP contribution is 2.69. The van der Waals surface area contributed by atoms with E-state index in [1.165, 1.54) is 64.2 Å². The molecule has 5 rings (SSSR count). The zero-order valence-corrected chi connectivity index (χ0v) is 21.1. The Morgan fingerprint density at radius 3 is 2.29 bits per heavy atom. The number of rotatable bonds is 5. The minimum absolute atomic E-state index is 0.417. The van der Waals surface area contributed by atoms with Gasteiger partial charge >= 0.3 is 0 Å². The van der Waals surface area contributed by atoms with Crippen LogP contribution in [0.4, 0.5) is 0 Å². The molecular formula is C29H50O2. The lowest BCUT2D eigenvalue weighted by Crippen LogP contribution is -2.55. The van der Waals surface area contributed by atoms with Crippen molar-refractivity contribution in [2.75, 3.05) is 0 Å². The van der Waals surface area contributed by atoms with Gasteiger partial charge in [0.2, 0.25) is 0 Å². The summed E-state index contributed by atoms with van der Waals surface area (Å²) in [5.41, 5.74) is 0.157. The van der Waals surface area contributed by atoms with Gasteiger partial charge in [0.25, 0.3) is 0 Å². The van der Waals surface area contributed by atoms with Gasteiger partial charge < -0.3 is 10.2 Å². The van der Waals surface area contributed by atoms with E-state index in [0.717, 1.165) is 54.8 Å². The second-order valence-corrected chi connectivity index (χ2v) is 14.2. The van der Waals surface area contributed by atoms with Gasteiger partial charge in [0.05, 0.1) is 11.2 Å². The van der Waals surface area contributed by atoms with Crippen LogP contribution in [-0.2, 0) is 0 Å². The molecule has 0 heterocycles. The molecular weight excluding hydrogens is 380 g/mol. The number of aliphatic hydroxyl groups is 2. The summed E-state index contributed by atoms with van der Waals surface area (Å²) in [6, 6.07) is 0. The molecule has 0 aromatic rings. The van der Waals surface area contributed by atoms with Gasteiger partial charge in [-0.2, -0.15) is 0 Å². The van der Waals surface area contributed by atoms with Gasteiger partial charge in [0, 0.05) is 0 Å². The van der Waals surface area contributed by atoms with Gasteiger partial charge in [-0.1, -0.05) is 20.8 Å². The standard InChI is InChI=1S/C29H50O2/c1-19(12-15-29(5,31)20-6-7-20)23-10-11-24-22-9-8-21-18-26(2,30)16-17-27(21,3)25(22)13-14-28(23,24)4/h19-25,30-31H,6-18H2,1-5H3/t19-,21?,22+,23-,24?,25?,26+,27+,28-,29+/m1/s1. The maximum atomic E-state index is 10.9. The van der Waals surface area contributed by atoms with E-state index in [9.17, 15) is 10.2 Å². The molecule has 5 fully saturated rings.